The molecule has 1 unspecified atom stereocenters. The summed E-state index contributed by atoms with van der Waals surface area (Å²) in [5.74, 6) is 0.232. The molecule has 0 bridgehead atoms. The van der Waals surface area contributed by atoms with Crippen LogP contribution in [0, 0.1) is 0 Å². The molecule has 98 valence electrons. The monoisotopic (exact) mass is 248 g/mol. The van der Waals surface area contributed by atoms with Gasteiger partial charge in [-0.3, -0.25) is 9.89 Å². The molecule has 2 N–H and O–H groups in total. The van der Waals surface area contributed by atoms with Crippen molar-refractivity contribution in [3.8, 4) is 0 Å². The zero-order chi connectivity index (χ0) is 12.4. The van der Waals surface area contributed by atoms with Crippen molar-refractivity contribution in [2.75, 3.05) is 13.1 Å². The lowest BCUT2D eigenvalue weighted by Crippen LogP contribution is -2.43. The van der Waals surface area contributed by atoms with E-state index in [1.165, 1.54) is 25.7 Å². The zero-order valence-corrected chi connectivity index (χ0v) is 10.6. The Morgan fingerprint density at radius 3 is 2.94 bits per heavy atom. The first-order valence-electron chi connectivity index (χ1n) is 6.84. The lowest BCUT2D eigenvalue weighted by Gasteiger charge is -2.25. The minimum absolute atomic E-state index is 0.232. The Morgan fingerprint density at radius 1 is 1.44 bits per heavy atom. The second-order valence-electron chi connectivity index (χ2n) is 5.33. The van der Waals surface area contributed by atoms with E-state index in [-0.39, 0.29) is 5.91 Å². The first kappa shape index (κ1) is 11.7. The Labute approximate surface area is 107 Å². The minimum Gasteiger partial charge on any atom is -0.338 e. The first-order valence-corrected chi connectivity index (χ1v) is 6.84. The summed E-state index contributed by atoms with van der Waals surface area (Å²) >= 11 is 0. The molecule has 2 aliphatic rings. The predicted molar refractivity (Wildman–Crippen MR) is 68.1 cm³/mol. The second-order valence-corrected chi connectivity index (χ2v) is 5.33. The van der Waals surface area contributed by atoms with Crippen molar-refractivity contribution in [1.82, 2.24) is 20.4 Å². The number of aromatic nitrogens is 2. The molecule has 18 heavy (non-hydrogen) atoms. The van der Waals surface area contributed by atoms with E-state index in [1.54, 1.807) is 6.20 Å². The molecule has 5 nitrogen and oxygen atoms in total. The van der Waals surface area contributed by atoms with E-state index >= 15 is 0 Å². The van der Waals surface area contributed by atoms with E-state index in [2.05, 4.69) is 20.4 Å². The molecule has 0 aromatic carbocycles. The average Bonchev–Trinajstić information content (AvgIpc) is 2.87. The summed E-state index contributed by atoms with van der Waals surface area (Å²) in [7, 11) is 0. The number of hydrogen-bond donors (Lipinski definition) is 2. The van der Waals surface area contributed by atoms with Crippen LogP contribution in [-0.2, 0) is 11.2 Å². The number of carbonyl (C=O) groups is 1. The van der Waals surface area contributed by atoms with Crippen molar-refractivity contribution in [2.24, 2.45) is 0 Å². The number of carbonyl (C=O) groups excluding carboxylic acids is 1. The molecule has 1 aromatic heterocycles. The van der Waals surface area contributed by atoms with E-state index in [4.69, 9.17) is 0 Å². The van der Waals surface area contributed by atoms with Crippen LogP contribution in [0.2, 0.25) is 0 Å². The highest BCUT2D eigenvalue weighted by atomic mass is 16.2. The maximum Gasteiger partial charge on any atom is 0.228 e. The largest absolute Gasteiger partial charge is 0.338 e. The van der Waals surface area contributed by atoms with Gasteiger partial charge >= 0.3 is 0 Å². The standard InChI is InChI=1S/C13H20N4O/c18-13(8-10-5-7-15-16-10)17(12-3-4-12)9-11-2-1-6-14-11/h5,7,11-12,14H,1-4,6,8-9H2,(H,15,16). The number of H-pyrrole nitrogens is 1. The fraction of sp³-hybridized carbons (Fsp3) is 0.692. The van der Waals surface area contributed by atoms with Gasteiger partial charge in [-0.05, 0) is 38.3 Å². The Morgan fingerprint density at radius 2 is 2.33 bits per heavy atom. The minimum atomic E-state index is 0.232. The van der Waals surface area contributed by atoms with E-state index in [1.807, 2.05) is 6.07 Å². The molecule has 2 heterocycles. The van der Waals surface area contributed by atoms with E-state index in [0.717, 1.165) is 18.8 Å². The normalized spacial score (nSPS) is 23.2. The summed E-state index contributed by atoms with van der Waals surface area (Å²) in [4.78, 5) is 14.4. The Bertz CT molecular complexity index is 393. The molecule has 1 aromatic rings. The molecule has 1 aliphatic heterocycles. The van der Waals surface area contributed by atoms with Gasteiger partial charge in [0.2, 0.25) is 5.91 Å². The quantitative estimate of drug-likeness (QED) is 0.806. The smallest absolute Gasteiger partial charge is 0.228 e. The molecule has 0 radical (unpaired) electrons. The van der Waals surface area contributed by atoms with Crippen LogP contribution in [0.1, 0.15) is 31.4 Å². The van der Waals surface area contributed by atoms with Gasteiger partial charge in [0.25, 0.3) is 0 Å². The zero-order valence-electron chi connectivity index (χ0n) is 10.6. The fourth-order valence-corrected chi connectivity index (χ4v) is 2.64. The van der Waals surface area contributed by atoms with Crippen LogP contribution in [0.3, 0.4) is 0 Å². The van der Waals surface area contributed by atoms with Crippen LogP contribution in [0.4, 0.5) is 0 Å². The molecule has 2 fully saturated rings. The summed E-state index contributed by atoms with van der Waals surface area (Å²) in [6, 6.07) is 2.86. The SMILES string of the molecule is O=C(Cc1ccn[nH]1)N(CC1CCCN1)C1CC1. The van der Waals surface area contributed by atoms with Gasteiger partial charge in [0.15, 0.2) is 0 Å². The number of nitrogens with one attached hydrogen (secondary N) is 2. The predicted octanol–water partition coefficient (Wildman–Crippen LogP) is 0.695. The maximum absolute atomic E-state index is 12.3. The summed E-state index contributed by atoms with van der Waals surface area (Å²) in [6.45, 7) is 1.97. The lowest BCUT2D eigenvalue weighted by molar-refractivity contribution is -0.131. The summed E-state index contributed by atoms with van der Waals surface area (Å²) in [6.07, 6.45) is 6.91. The Balaban J connectivity index is 1.59. The van der Waals surface area contributed by atoms with Gasteiger partial charge < -0.3 is 10.2 Å². The topological polar surface area (TPSA) is 61.0 Å². The summed E-state index contributed by atoms with van der Waals surface area (Å²) in [5, 5.41) is 10.2. The summed E-state index contributed by atoms with van der Waals surface area (Å²) in [5.41, 5.74) is 0.907. The van der Waals surface area contributed by atoms with Gasteiger partial charge in [0, 0.05) is 30.5 Å². The van der Waals surface area contributed by atoms with E-state index < -0.39 is 0 Å². The molecular formula is C13H20N4O. The van der Waals surface area contributed by atoms with Gasteiger partial charge in [0.1, 0.15) is 0 Å². The first-order chi connectivity index (χ1) is 8.83. The molecule has 1 saturated heterocycles. The van der Waals surface area contributed by atoms with Gasteiger partial charge in [-0.1, -0.05) is 0 Å². The highest BCUT2D eigenvalue weighted by molar-refractivity contribution is 5.79. The third-order valence-corrected chi connectivity index (χ3v) is 3.79. The molecule has 5 heteroatoms. The Hall–Kier alpha value is -1.36. The van der Waals surface area contributed by atoms with E-state index in [0.29, 0.717) is 18.5 Å². The van der Waals surface area contributed by atoms with Crippen LogP contribution in [0.5, 0.6) is 0 Å². The third-order valence-electron chi connectivity index (χ3n) is 3.79. The van der Waals surface area contributed by atoms with Crippen molar-refractivity contribution in [2.45, 2.75) is 44.2 Å². The number of rotatable bonds is 5. The molecular weight excluding hydrogens is 228 g/mol. The van der Waals surface area contributed by atoms with Crippen molar-refractivity contribution in [3.05, 3.63) is 18.0 Å². The van der Waals surface area contributed by atoms with Crippen LogP contribution >= 0.6 is 0 Å². The summed E-state index contributed by atoms with van der Waals surface area (Å²) < 4.78 is 0. The van der Waals surface area contributed by atoms with Crippen LogP contribution in [0.15, 0.2) is 12.3 Å². The maximum atomic E-state index is 12.3. The average molecular weight is 248 g/mol. The second kappa shape index (κ2) is 5.10. The van der Waals surface area contributed by atoms with Gasteiger partial charge in [0.05, 0.1) is 6.42 Å². The van der Waals surface area contributed by atoms with Crippen LogP contribution in [0.25, 0.3) is 0 Å². The van der Waals surface area contributed by atoms with Crippen molar-refractivity contribution >= 4 is 5.91 Å². The molecule has 1 atom stereocenters. The Kier molecular flexibility index (Phi) is 3.32. The number of amides is 1. The van der Waals surface area contributed by atoms with Crippen molar-refractivity contribution < 1.29 is 4.79 Å². The number of hydrogen-bond acceptors (Lipinski definition) is 3. The van der Waals surface area contributed by atoms with Gasteiger partial charge in [-0.2, -0.15) is 5.10 Å². The van der Waals surface area contributed by atoms with Crippen molar-refractivity contribution in [1.29, 1.82) is 0 Å². The molecule has 3 rings (SSSR count). The highest BCUT2D eigenvalue weighted by Gasteiger charge is 2.34. The molecule has 1 aliphatic carbocycles. The lowest BCUT2D eigenvalue weighted by atomic mass is 10.2. The molecule has 1 amide bonds. The van der Waals surface area contributed by atoms with Gasteiger partial charge in [-0.15, -0.1) is 0 Å². The van der Waals surface area contributed by atoms with Gasteiger partial charge in [-0.25, -0.2) is 0 Å². The molecule has 1 saturated carbocycles. The third kappa shape index (κ3) is 2.72. The number of nitrogens with zero attached hydrogens (tertiary/aromatic N) is 2. The highest BCUT2D eigenvalue weighted by Crippen LogP contribution is 2.28. The van der Waals surface area contributed by atoms with E-state index in [9.17, 15) is 4.79 Å². The fourth-order valence-electron chi connectivity index (χ4n) is 2.64. The van der Waals surface area contributed by atoms with Crippen LogP contribution in [-0.4, -0.2) is 46.2 Å². The molecule has 0 spiro atoms. The van der Waals surface area contributed by atoms with Crippen molar-refractivity contribution in [3.63, 3.8) is 0 Å². The number of aromatic amines is 1. The van der Waals surface area contributed by atoms with Crippen LogP contribution < -0.4 is 5.32 Å².